The summed E-state index contributed by atoms with van der Waals surface area (Å²) in [6.45, 7) is 0. The maximum Gasteiger partial charge on any atom is 0.176 e. The number of Topliss-reactive ketones (excluding diaryl/α,β-unsaturated/α-hetero) is 1. The predicted molar refractivity (Wildman–Crippen MR) is 49.6 cm³/mol. The van der Waals surface area contributed by atoms with Gasteiger partial charge in [-0.2, -0.15) is 0 Å². The van der Waals surface area contributed by atoms with E-state index >= 15 is 0 Å². The Morgan fingerprint density at radius 2 is 1.58 bits per heavy atom. The van der Waals surface area contributed by atoms with Crippen molar-refractivity contribution in [2.45, 2.75) is 44.9 Å². The molecule has 0 aromatic heterocycles. The van der Waals surface area contributed by atoms with E-state index in [1.54, 1.807) is 0 Å². The summed E-state index contributed by atoms with van der Waals surface area (Å²) in [5, 5.41) is 6.90. The smallest absolute Gasteiger partial charge is 0.176 e. The highest BCUT2D eigenvalue weighted by Crippen LogP contribution is 2.22. The third-order valence-corrected chi connectivity index (χ3v) is 2.65. The second kappa shape index (κ2) is 5.07. The fourth-order valence-corrected chi connectivity index (χ4v) is 1.86. The van der Waals surface area contributed by atoms with Crippen molar-refractivity contribution < 1.29 is 4.79 Å². The molecule has 1 aliphatic carbocycles. The Balaban J connectivity index is 2.39. The van der Waals surface area contributed by atoms with Crippen LogP contribution in [0.15, 0.2) is 0 Å². The van der Waals surface area contributed by atoms with E-state index in [2.05, 4.69) is 0 Å². The van der Waals surface area contributed by atoms with Crippen LogP contribution in [-0.2, 0) is 4.79 Å². The molecule has 1 rings (SSSR count). The summed E-state index contributed by atoms with van der Waals surface area (Å²) in [5.41, 5.74) is 0. The zero-order valence-electron chi connectivity index (χ0n) is 7.51. The predicted octanol–water partition coefficient (Wildman–Crippen LogP) is 2.57. The number of carbonyl (C=O) groups excluding carboxylic acids is 1. The van der Waals surface area contributed by atoms with Crippen molar-refractivity contribution in [3.63, 3.8) is 0 Å². The lowest BCUT2D eigenvalue weighted by Crippen LogP contribution is -2.16. The van der Waals surface area contributed by atoms with Crippen LogP contribution in [0.3, 0.4) is 0 Å². The highest BCUT2D eigenvalue weighted by Gasteiger charge is 2.16. The molecule has 0 saturated heterocycles. The third-order valence-electron chi connectivity index (χ3n) is 2.65. The van der Waals surface area contributed by atoms with Gasteiger partial charge in [0.1, 0.15) is 0 Å². The van der Waals surface area contributed by atoms with Gasteiger partial charge in [-0.3, -0.25) is 4.79 Å². The van der Waals surface area contributed by atoms with Crippen LogP contribution in [0.4, 0.5) is 0 Å². The molecule has 2 heteroatoms. The van der Waals surface area contributed by atoms with E-state index in [0.717, 1.165) is 19.1 Å². The maximum absolute atomic E-state index is 11.2. The van der Waals surface area contributed by atoms with Crippen LogP contribution in [0.5, 0.6) is 0 Å². The Labute approximate surface area is 73.9 Å². The largest absolute Gasteiger partial charge is 0.305 e. The van der Waals surface area contributed by atoms with Gasteiger partial charge in [0.15, 0.2) is 5.78 Å². The van der Waals surface area contributed by atoms with Gasteiger partial charge in [-0.1, -0.05) is 32.1 Å². The second-order valence-corrected chi connectivity index (χ2v) is 3.59. The Kier molecular flexibility index (Phi) is 3.98. The summed E-state index contributed by atoms with van der Waals surface area (Å²) in [6.07, 6.45) is 9.21. The summed E-state index contributed by atoms with van der Waals surface area (Å²) in [5.74, 6) is 0.208. The molecule has 0 amide bonds. The molecule has 0 aromatic carbocycles. The number of ketones is 1. The molecule has 1 aliphatic rings. The molecule has 0 atom stereocenters. The summed E-state index contributed by atoms with van der Waals surface area (Å²) < 4.78 is 0. The minimum Gasteiger partial charge on any atom is -0.305 e. The minimum absolute atomic E-state index is 0.0388. The molecular weight excluding hydrogens is 150 g/mol. The van der Waals surface area contributed by atoms with Gasteiger partial charge in [0, 0.05) is 5.92 Å². The second-order valence-electron chi connectivity index (χ2n) is 3.59. The van der Waals surface area contributed by atoms with Crippen LogP contribution in [0.2, 0.25) is 0 Å². The van der Waals surface area contributed by atoms with E-state index in [4.69, 9.17) is 5.41 Å². The fourth-order valence-electron chi connectivity index (χ4n) is 1.86. The first-order chi connectivity index (χ1) is 5.84. The van der Waals surface area contributed by atoms with Gasteiger partial charge in [-0.25, -0.2) is 0 Å². The summed E-state index contributed by atoms with van der Waals surface area (Å²) in [7, 11) is 0. The number of carbonyl (C=O) groups is 1. The first-order valence-corrected chi connectivity index (χ1v) is 4.89. The van der Waals surface area contributed by atoms with Crippen molar-refractivity contribution in [3.05, 3.63) is 0 Å². The molecule has 0 bridgehead atoms. The average molecular weight is 167 g/mol. The molecule has 0 unspecified atom stereocenters. The van der Waals surface area contributed by atoms with Crippen molar-refractivity contribution >= 4 is 12.0 Å². The van der Waals surface area contributed by atoms with Gasteiger partial charge >= 0.3 is 0 Å². The van der Waals surface area contributed by atoms with E-state index in [-0.39, 0.29) is 11.7 Å². The van der Waals surface area contributed by atoms with Gasteiger partial charge in [0.2, 0.25) is 0 Å². The quantitative estimate of drug-likeness (QED) is 0.631. The standard InChI is InChI=1S/C10H17NO/c11-8-10(12)9-6-4-2-1-3-5-7-9/h8-9,11H,1-7H2. The van der Waals surface area contributed by atoms with Crippen LogP contribution in [0.1, 0.15) is 44.9 Å². The Bertz CT molecular complexity index is 157. The molecule has 1 saturated carbocycles. The van der Waals surface area contributed by atoms with Gasteiger partial charge in [-0.15, -0.1) is 0 Å². The minimum atomic E-state index is 0.0388. The highest BCUT2D eigenvalue weighted by atomic mass is 16.1. The first-order valence-electron chi connectivity index (χ1n) is 4.89. The van der Waals surface area contributed by atoms with Gasteiger partial charge < -0.3 is 5.41 Å². The lowest BCUT2D eigenvalue weighted by atomic mass is 9.88. The molecule has 0 radical (unpaired) electrons. The van der Waals surface area contributed by atoms with E-state index < -0.39 is 0 Å². The lowest BCUT2D eigenvalue weighted by Gasteiger charge is -2.15. The molecule has 12 heavy (non-hydrogen) atoms. The lowest BCUT2D eigenvalue weighted by molar-refractivity contribution is -0.116. The maximum atomic E-state index is 11.2. The van der Waals surface area contributed by atoms with Crippen LogP contribution in [0, 0.1) is 11.3 Å². The summed E-state index contributed by atoms with van der Waals surface area (Å²) >= 11 is 0. The van der Waals surface area contributed by atoms with Gasteiger partial charge in [0.05, 0.1) is 6.21 Å². The first kappa shape index (κ1) is 9.43. The van der Waals surface area contributed by atoms with Crippen molar-refractivity contribution in [1.29, 1.82) is 5.41 Å². The Morgan fingerprint density at radius 3 is 2.08 bits per heavy atom. The van der Waals surface area contributed by atoms with Crippen molar-refractivity contribution in [1.82, 2.24) is 0 Å². The molecule has 0 spiro atoms. The summed E-state index contributed by atoms with van der Waals surface area (Å²) in [4.78, 5) is 11.2. The van der Waals surface area contributed by atoms with Crippen molar-refractivity contribution in [2.75, 3.05) is 0 Å². The summed E-state index contributed by atoms with van der Waals surface area (Å²) in [6, 6.07) is 0. The molecule has 1 N–H and O–H groups in total. The SMILES string of the molecule is N=CC(=O)C1CCCCCCC1. The van der Waals surface area contributed by atoms with Crippen molar-refractivity contribution in [2.24, 2.45) is 5.92 Å². The Morgan fingerprint density at radius 1 is 1.08 bits per heavy atom. The third kappa shape index (κ3) is 2.76. The molecule has 1 fully saturated rings. The van der Waals surface area contributed by atoms with E-state index in [1.807, 2.05) is 0 Å². The Hall–Kier alpha value is -0.660. The monoisotopic (exact) mass is 167 g/mol. The molecule has 0 aromatic rings. The van der Waals surface area contributed by atoms with Gasteiger partial charge in [-0.05, 0) is 12.8 Å². The molecule has 0 heterocycles. The van der Waals surface area contributed by atoms with E-state index in [1.165, 1.54) is 32.1 Å². The number of hydrogen-bond donors (Lipinski definition) is 1. The zero-order valence-corrected chi connectivity index (χ0v) is 7.51. The average Bonchev–Trinajstić information content (AvgIpc) is 2.02. The van der Waals surface area contributed by atoms with Crippen LogP contribution >= 0.6 is 0 Å². The van der Waals surface area contributed by atoms with Crippen molar-refractivity contribution in [3.8, 4) is 0 Å². The van der Waals surface area contributed by atoms with Crippen LogP contribution in [0.25, 0.3) is 0 Å². The number of hydrogen-bond acceptors (Lipinski definition) is 2. The molecule has 0 aliphatic heterocycles. The van der Waals surface area contributed by atoms with Crippen LogP contribution < -0.4 is 0 Å². The number of rotatable bonds is 2. The van der Waals surface area contributed by atoms with E-state index in [0.29, 0.717) is 0 Å². The zero-order chi connectivity index (χ0) is 8.81. The molecule has 2 nitrogen and oxygen atoms in total. The van der Waals surface area contributed by atoms with Gasteiger partial charge in [0.25, 0.3) is 0 Å². The molecular formula is C10H17NO. The molecule has 68 valence electrons. The topological polar surface area (TPSA) is 40.9 Å². The highest BCUT2D eigenvalue weighted by molar-refractivity contribution is 6.27. The normalized spacial score (nSPS) is 21.0. The fraction of sp³-hybridized carbons (Fsp3) is 0.800. The van der Waals surface area contributed by atoms with E-state index in [9.17, 15) is 4.79 Å². The number of nitrogens with one attached hydrogen (secondary N) is 1. The van der Waals surface area contributed by atoms with Crippen LogP contribution in [-0.4, -0.2) is 12.0 Å².